The van der Waals surface area contributed by atoms with Crippen LogP contribution in [0.5, 0.6) is 0 Å². The van der Waals surface area contributed by atoms with E-state index in [-0.39, 0.29) is 0 Å². The Balaban J connectivity index is 1.32. The van der Waals surface area contributed by atoms with Crippen molar-refractivity contribution in [2.75, 3.05) is 40.0 Å². The number of nitrogens with zero attached hydrogens (tertiary/aromatic N) is 3. The topological polar surface area (TPSA) is 48.7 Å². The lowest BCUT2D eigenvalue weighted by Gasteiger charge is -2.63. The van der Waals surface area contributed by atoms with Crippen LogP contribution in [0.2, 0.25) is 0 Å². The second-order valence-electron chi connectivity index (χ2n) is 8.99. The van der Waals surface area contributed by atoms with E-state index < -0.39 is 0 Å². The molecule has 5 nitrogen and oxygen atoms in total. The fraction of sp³-hybridized carbons (Fsp3) is 0.708. The molecule has 2 aliphatic heterocycles. The summed E-state index contributed by atoms with van der Waals surface area (Å²) in [4.78, 5) is 5.37. The molecular formula is C24H35N3O2. The molecule has 0 aromatic heterocycles. The third kappa shape index (κ3) is 4.51. The molecule has 29 heavy (non-hydrogen) atoms. The van der Waals surface area contributed by atoms with Gasteiger partial charge in [-0.15, -0.1) is 0 Å². The summed E-state index contributed by atoms with van der Waals surface area (Å²) in [6.07, 6.45) is 9.53. The van der Waals surface area contributed by atoms with Crippen LogP contribution in [0.15, 0.2) is 24.3 Å². The van der Waals surface area contributed by atoms with E-state index >= 15 is 0 Å². The molecule has 1 spiro atoms. The first-order valence-corrected chi connectivity index (χ1v) is 11.3. The molecule has 1 atom stereocenters. The summed E-state index contributed by atoms with van der Waals surface area (Å²) in [6.45, 7) is 5.75. The van der Waals surface area contributed by atoms with Crippen LogP contribution in [-0.2, 0) is 16.0 Å². The Morgan fingerprint density at radius 3 is 2.66 bits per heavy atom. The van der Waals surface area contributed by atoms with Gasteiger partial charge in [-0.3, -0.25) is 9.80 Å². The molecule has 1 aliphatic carbocycles. The van der Waals surface area contributed by atoms with Crippen molar-refractivity contribution in [1.29, 1.82) is 5.26 Å². The number of hydrogen-bond donors (Lipinski definition) is 0. The van der Waals surface area contributed by atoms with Crippen LogP contribution >= 0.6 is 0 Å². The van der Waals surface area contributed by atoms with Crippen molar-refractivity contribution >= 4 is 0 Å². The minimum Gasteiger partial charge on any atom is -0.382 e. The fourth-order valence-electron chi connectivity index (χ4n) is 5.76. The van der Waals surface area contributed by atoms with Gasteiger partial charge in [-0.25, -0.2) is 0 Å². The maximum Gasteiger partial charge on any atom is 0.0991 e. The van der Waals surface area contributed by atoms with Crippen LogP contribution in [0, 0.1) is 11.3 Å². The van der Waals surface area contributed by atoms with Gasteiger partial charge >= 0.3 is 0 Å². The van der Waals surface area contributed by atoms with Crippen molar-refractivity contribution in [3.05, 3.63) is 35.4 Å². The Labute approximate surface area is 175 Å². The summed E-state index contributed by atoms with van der Waals surface area (Å²) >= 11 is 0. The van der Waals surface area contributed by atoms with E-state index in [0.717, 1.165) is 38.3 Å². The van der Waals surface area contributed by atoms with Gasteiger partial charge in [0.25, 0.3) is 0 Å². The summed E-state index contributed by atoms with van der Waals surface area (Å²) in [5, 5.41) is 9.12. The summed E-state index contributed by atoms with van der Waals surface area (Å²) in [6, 6.07) is 11.0. The van der Waals surface area contributed by atoms with Crippen molar-refractivity contribution in [2.24, 2.45) is 0 Å². The zero-order valence-electron chi connectivity index (χ0n) is 17.8. The molecule has 3 aliphatic rings. The van der Waals surface area contributed by atoms with Crippen LogP contribution in [0.25, 0.3) is 0 Å². The Morgan fingerprint density at radius 2 is 1.93 bits per heavy atom. The van der Waals surface area contributed by atoms with Crippen LogP contribution in [-0.4, -0.2) is 67.4 Å². The van der Waals surface area contributed by atoms with E-state index in [1.54, 1.807) is 7.11 Å². The molecule has 0 N–H and O–H groups in total. The standard InChI is InChI=1S/C24H35N3O2/c1-28-14-15-29-23-19-27(24(23)10-3-2-4-11-24)22-8-12-26(13-9-22)18-21-7-5-6-20(16-21)17-25/h5-7,16,22-23H,2-4,8-15,18-19H2,1H3. The van der Waals surface area contributed by atoms with Crippen molar-refractivity contribution in [2.45, 2.75) is 69.2 Å². The average Bonchev–Trinajstić information content (AvgIpc) is 2.77. The Kier molecular flexibility index (Phi) is 6.87. The Bertz CT molecular complexity index is 702. The van der Waals surface area contributed by atoms with Crippen LogP contribution in [0.1, 0.15) is 56.1 Å². The highest BCUT2D eigenvalue weighted by Crippen LogP contribution is 2.47. The molecule has 5 heteroatoms. The lowest BCUT2D eigenvalue weighted by Crippen LogP contribution is -2.75. The Hall–Kier alpha value is -1.45. The maximum atomic E-state index is 9.12. The van der Waals surface area contributed by atoms with Crippen LogP contribution in [0.3, 0.4) is 0 Å². The third-order valence-corrected chi connectivity index (χ3v) is 7.32. The van der Waals surface area contributed by atoms with E-state index in [1.165, 1.54) is 50.5 Å². The number of methoxy groups -OCH3 is 1. The minimum absolute atomic E-state index is 0.292. The molecule has 1 aromatic rings. The molecule has 0 radical (unpaired) electrons. The highest BCUT2D eigenvalue weighted by Gasteiger charge is 2.56. The van der Waals surface area contributed by atoms with Gasteiger partial charge in [0.1, 0.15) is 0 Å². The lowest BCUT2D eigenvalue weighted by atomic mass is 9.69. The molecule has 0 bridgehead atoms. The summed E-state index contributed by atoms with van der Waals surface area (Å²) in [5.74, 6) is 0. The van der Waals surface area contributed by atoms with E-state index in [2.05, 4.69) is 21.9 Å². The highest BCUT2D eigenvalue weighted by atomic mass is 16.5. The number of benzene rings is 1. The first-order valence-electron chi connectivity index (χ1n) is 11.3. The molecule has 1 aromatic carbocycles. The molecule has 2 heterocycles. The van der Waals surface area contributed by atoms with E-state index in [9.17, 15) is 0 Å². The molecule has 3 fully saturated rings. The van der Waals surface area contributed by atoms with E-state index in [4.69, 9.17) is 14.7 Å². The zero-order valence-corrected chi connectivity index (χ0v) is 17.8. The zero-order chi connectivity index (χ0) is 20.1. The predicted octanol–water partition coefficient (Wildman–Crippen LogP) is 3.57. The molecule has 4 rings (SSSR count). The van der Waals surface area contributed by atoms with Gasteiger partial charge in [0, 0.05) is 31.8 Å². The fourth-order valence-corrected chi connectivity index (χ4v) is 5.76. The van der Waals surface area contributed by atoms with Crippen LogP contribution in [0.4, 0.5) is 0 Å². The molecule has 158 valence electrons. The second-order valence-corrected chi connectivity index (χ2v) is 8.99. The summed E-state index contributed by atoms with van der Waals surface area (Å²) in [7, 11) is 1.75. The molecule has 1 unspecified atom stereocenters. The minimum atomic E-state index is 0.292. The van der Waals surface area contributed by atoms with Crippen molar-refractivity contribution < 1.29 is 9.47 Å². The quantitative estimate of drug-likeness (QED) is 0.658. The molecule has 2 saturated heterocycles. The highest BCUT2D eigenvalue weighted by molar-refractivity contribution is 5.32. The maximum absolute atomic E-state index is 9.12. The molecule has 1 saturated carbocycles. The lowest BCUT2D eigenvalue weighted by molar-refractivity contribution is -0.204. The van der Waals surface area contributed by atoms with Crippen LogP contribution < -0.4 is 0 Å². The number of ether oxygens (including phenoxy) is 2. The number of nitriles is 1. The van der Waals surface area contributed by atoms with Gasteiger partial charge in [0.2, 0.25) is 0 Å². The smallest absolute Gasteiger partial charge is 0.0991 e. The molecule has 0 amide bonds. The normalized spacial score (nSPS) is 25.6. The van der Waals surface area contributed by atoms with Gasteiger partial charge in [0.05, 0.1) is 31.0 Å². The van der Waals surface area contributed by atoms with Gasteiger partial charge < -0.3 is 9.47 Å². The number of likely N-dealkylation sites (tertiary alicyclic amines) is 2. The summed E-state index contributed by atoms with van der Waals surface area (Å²) < 4.78 is 11.4. The Morgan fingerprint density at radius 1 is 1.14 bits per heavy atom. The van der Waals surface area contributed by atoms with Gasteiger partial charge in [0.15, 0.2) is 0 Å². The predicted molar refractivity (Wildman–Crippen MR) is 114 cm³/mol. The second kappa shape index (κ2) is 9.57. The van der Waals surface area contributed by atoms with Gasteiger partial charge in [-0.05, 0) is 56.5 Å². The van der Waals surface area contributed by atoms with Crippen molar-refractivity contribution in [1.82, 2.24) is 9.80 Å². The number of hydrogen-bond acceptors (Lipinski definition) is 5. The first kappa shape index (κ1) is 20.8. The SMILES string of the molecule is COCCOC1CN(C2CCN(Cc3cccc(C#N)c3)CC2)C12CCCCC2. The van der Waals surface area contributed by atoms with Gasteiger partial charge in [-0.1, -0.05) is 31.4 Å². The van der Waals surface area contributed by atoms with Crippen molar-refractivity contribution in [3.63, 3.8) is 0 Å². The number of rotatable bonds is 7. The number of piperidine rings is 1. The van der Waals surface area contributed by atoms with E-state index in [1.807, 2.05) is 18.2 Å². The van der Waals surface area contributed by atoms with E-state index in [0.29, 0.717) is 24.3 Å². The average molecular weight is 398 g/mol. The first-order chi connectivity index (χ1) is 14.2. The van der Waals surface area contributed by atoms with Crippen molar-refractivity contribution in [3.8, 4) is 6.07 Å². The molecular weight excluding hydrogens is 362 g/mol. The largest absolute Gasteiger partial charge is 0.382 e. The third-order valence-electron chi connectivity index (χ3n) is 7.32. The van der Waals surface area contributed by atoms with Gasteiger partial charge in [-0.2, -0.15) is 5.26 Å². The monoisotopic (exact) mass is 397 g/mol. The summed E-state index contributed by atoms with van der Waals surface area (Å²) in [5.41, 5.74) is 2.30.